The summed E-state index contributed by atoms with van der Waals surface area (Å²) in [5, 5.41) is 21.9. The van der Waals surface area contributed by atoms with Crippen LogP contribution in [0.5, 0.6) is 0 Å². The molecule has 7 nitrogen and oxygen atoms in total. The van der Waals surface area contributed by atoms with Crippen molar-refractivity contribution >= 4 is 23.3 Å². The zero-order chi connectivity index (χ0) is 13.9. The van der Waals surface area contributed by atoms with E-state index in [1.807, 2.05) is 0 Å². The Kier molecular flexibility index (Phi) is 3.98. The fraction of sp³-hybridized carbons (Fsp3) is 0.273. The smallest absolute Gasteiger partial charge is 0.337 e. The van der Waals surface area contributed by atoms with Crippen molar-refractivity contribution in [1.82, 2.24) is 0 Å². The van der Waals surface area contributed by atoms with Gasteiger partial charge in [0.25, 0.3) is 5.69 Å². The molecule has 7 heteroatoms. The number of carbonyl (C=O) groups excluding carboxylic acids is 1. The van der Waals surface area contributed by atoms with Gasteiger partial charge >= 0.3 is 5.97 Å². The summed E-state index contributed by atoms with van der Waals surface area (Å²) in [5.41, 5.74) is -0.538. The SMILES string of the molecule is CC(C)C(=O)Nc1cc([N+](=O)[O-])ccc1C(=O)O. The summed E-state index contributed by atoms with van der Waals surface area (Å²) in [7, 11) is 0. The molecule has 0 fully saturated rings. The summed E-state index contributed by atoms with van der Waals surface area (Å²) in [6, 6.07) is 3.20. The Morgan fingerprint density at radius 1 is 1.39 bits per heavy atom. The van der Waals surface area contributed by atoms with Crippen molar-refractivity contribution in [3.05, 3.63) is 33.9 Å². The maximum atomic E-state index is 11.5. The first kappa shape index (κ1) is 13.6. The average molecular weight is 252 g/mol. The van der Waals surface area contributed by atoms with E-state index < -0.39 is 16.8 Å². The van der Waals surface area contributed by atoms with Gasteiger partial charge in [-0.2, -0.15) is 0 Å². The van der Waals surface area contributed by atoms with Gasteiger partial charge in [0.2, 0.25) is 5.91 Å². The van der Waals surface area contributed by atoms with Gasteiger partial charge in [-0.15, -0.1) is 0 Å². The lowest BCUT2D eigenvalue weighted by atomic mass is 10.1. The Labute approximate surface area is 103 Å². The maximum absolute atomic E-state index is 11.5. The Balaban J connectivity index is 3.19. The molecule has 2 N–H and O–H groups in total. The van der Waals surface area contributed by atoms with Gasteiger partial charge in [-0.1, -0.05) is 13.8 Å². The number of carboxylic acids is 1. The van der Waals surface area contributed by atoms with E-state index in [0.29, 0.717) is 0 Å². The van der Waals surface area contributed by atoms with E-state index in [9.17, 15) is 19.7 Å². The molecule has 96 valence electrons. The van der Waals surface area contributed by atoms with E-state index in [-0.39, 0.29) is 22.9 Å². The predicted molar refractivity (Wildman–Crippen MR) is 63.5 cm³/mol. The van der Waals surface area contributed by atoms with Crippen LogP contribution in [-0.4, -0.2) is 21.9 Å². The highest BCUT2D eigenvalue weighted by Gasteiger charge is 2.18. The molecular weight excluding hydrogens is 240 g/mol. The molecule has 0 aliphatic rings. The highest BCUT2D eigenvalue weighted by molar-refractivity contribution is 6.01. The van der Waals surface area contributed by atoms with Gasteiger partial charge in [-0.25, -0.2) is 4.79 Å². The highest BCUT2D eigenvalue weighted by atomic mass is 16.6. The first-order valence-electron chi connectivity index (χ1n) is 5.15. The van der Waals surface area contributed by atoms with Gasteiger partial charge in [0.15, 0.2) is 0 Å². The predicted octanol–water partition coefficient (Wildman–Crippen LogP) is 1.89. The third-order valence-electron chi connectivity index (χ3n) is 2.23. The van der Waals surface area contributed by atoms with E-state index in [2.05, 4.69) is 5.32 Å². The summed E-state index contributed by atoms with van der Waals surface area (Å²) < 4.78 is 0. The van der Waals surface area contributed by atoms with Gasteiger partial charge in [-0.05, 0) is 6.07 Å². The number of hydrogen-bond acceptors (Lipinski definition) is 4. The number of carbonyl (C=O) groups is 2. The molecule has 0 atom stereocenters. The fourth-order valence-electron chi connectivity index (χ4n) is 1.21. The van der Waals surface area contributed by atoms with Crippen LogP contribution in [0.2, 0.25) is 0 Å². The minimum absolute atomic E-state index is 0.0737. The van der Waals surface area contributed by atoms with Crippen molar-refractivity contribution in [1.29, 1.82) is 0 Å². The molecule has 0 bridgehead atoms. The zero-order valence-corrected chi connectivity index (χ0v) is 9.84. The first-order valence-corrected chi connectivity index (χ1v) is 5.15. The van der Waals surface area contributed by atoms with Gasteiger partial charge < -0.3 is 10.4 Å². The number of carboxylic acid groups (broad SMARTS) is 1. The number of non-ortho nitro benzene ring substituents is 1. The normalized spacial score (nSPS) is 10.2. The quantitative estimate of drug-likeness (QED) is 0.628. The number of anilines is 1. The van der Waals surface area contributed by atoms with Gasteiger partial charge in [0, 0.05) is 18.1 Å². The van der Waals surface area contributed by atoms with E-state index in [1.54, 1.807) is 13.8 Å². The van der Waals surface area contributed by atoms with Crippen molar-refractivity contribution in [3.8, 4) is 0 Å². The average Bonchev–Trinajstić information content (AvgIpc) is 2.28. The van der Waals surface area contributed by atoms with Crippen LogP contribution in [0.4, 0.5) is 11.4 Å². The van der Waals surface area contributed by atoms with E-state index in [0.717, 1.165) is 18.2 Å². The number of nitrogens with zero attached hydrogens (tertiary/aromatic N) is 1. The lowest BCUT2D eigenvalue weighted by Gasteiger charge is -2.10. The van der Waals surface area contributed by atoms with Crippen LogP contribution in [0.3, 0.4) is 0 Å². The Bertz CT molecular complexity index is 510. The maximum Gasteiger partial charge on any atom is 0.337 e. The van der Waals surface area contributed by atoms with Crippen LogP contribution < -0.4 is 5.32 Å². The van der Waals surface area contributed by atoms with Crippen molar-refractivity contribution in [2.24, 2.45) is 5.92 Å². The summed E-state index contributed by atoms with van der Waals surface area (Å²) in [5.74, 6) is -2.02. The van der Waals surface area contributed by atoms with Crippen LogP contribution in [0.1, 0.15) is 24.2 Å². The van der Waals surface area contributed by atoms with E-state index in [4.69, 9.17) is 5.11 Å². The Hall–Kier alpha value is -2.44. The minimum Gasteiger partial charge on any atom is -0.478 e. The fourth-order valence-corrected chi connectivity index (χ4v) is 1.21. The number of benzene rings is 1. The Morgan fingerprint density at radius 3 is 2.44 bits per heavy atom. The number of nitro benzene ring substituents is 1. The van der Waals surface area contributed by atoms with Crippen LogP contribution in [-0.2, 0) is 4.79 Å². The standard InChI is InChI=1S/C11H12N2O5/c1-6(2)10(14)12-9-5-7(13(17)18)3-4-8(9)11(15)16/h3-6H,1-2H3,(H,12,14)(H,15,16). The highest BCUT2D eigenvalue weighted by Crippen LogP contribution is 2.23. The third-order valence-corrected chi connectivity index (χ3v) is 2.23. The lowest BCUT2D eigenvalue weighted by molar-refractivity contribution is -0.384. The second-order valence-corrected chi connectivity index (χ2v) is 3.94. The van der Waals surface area contributed by atoms with Gasteiger partial charge in [0.1, 0.15) is 0 Å². The first-order chi connectivity index (χ1) is 8.32. The van der Waals surface area contributed by atoms with Crippen LogP contribution >= 0.6 is 0 Å². The largest absolute Gasteiger partial charge is 0.478 e. The van der Waals surface area contributed by atoms with Crippen molar-refractivity contribution in [2.75, 3.05) is 5.32 Å². The molecule has 0 aliphatic heterocycles. The van der Waals surface area contributed by atoms with Crippen molar-refractivity contribution in [3.63, 3.8) is 0 Å². The van der Waals surface area contributed by atoms with E-state index >= 15 is 0 Å². The number of hydrogen-bond donors (Lipinski definition) is 2. The monoisotopic (exact) mass is 252 g/mol. The molecule has 0 radical (unpaired) electrons. The summed E-state index contributed by atoms with van der Waals surface area (Å²) >= 11 is 0. The number of nitro groups is 1. The molecule has 0 aliphatic carbocycles. The second kappa shape index (κ2) is 5.26. The third kappa shape index (κ3) is 3.03. The topological polar surface area (TPSA) is 110 Å². The molecule has 0 heterocycles. The van der Waals surface area contributed by atoms with Gasteiger partial charge in [-0.3, -0.25) is 14.9 Å². The molecule has 1 amide bonds. The summed E-state index contributed by atoms with van der Waals surface area (Å²) in [6.07, 6.45) is 0. The molecule has 0 unspecified atom stereocenters. The lowest BCUT2D eigenvalue weighted by Crippen LogP contribution is -2.19. The van der Waals surface area contributed by atoms with Crippen molar-refractivity contribution in [2.45, 2.75) is 13.8 Å². The molecule has 0 saturated carbocycles. The molecular formula is C11H12N2O5. The van der Waals surface area contributed by atoms with Crippen LogP contribution in [0.25, 0.3) is 0 Å². The molecule has 1 aromatic rings. The summed E-state index contributed by atoms with van der Waals surface area (Å²) in [6.45, 7) is 3.26. The van der Waals surface area contributed by atoms with Crippen molar-refractivity contribution < 1.29 is 19.6 Å². The molecule has 1 aromatic carbocycles. The minimum atomic E-state index is -1.26. The van der Waals surface area contributed by atoms with Crippen LogP contribution in [0.15, 0.2) is 18.2 Å². The molecule has 0 saturated heterocycles. The Morgan fingerprint density at radius 2 is 2.00 bits per heavy atom. The van der Waals surface area contributed by atoms with Gasteiger partial charge in [0.05, 0.1) is 16.2 Å². The molecule has 0 aromatic heterocycles. The zero-order valence-electron chi connectivity index (χ0n) is 9.84. The molecule has 1 rings (SSSR count). The second-order valence-electron chi connectivity index (χ2n) is 3.94. The molecule has 18 heavy (non-hydrogen) atoms. The number of aromatic carboxylic acids is 1. The number of amides is 1. The number of nitrogens with one attached hydrogen (secondary N) is 1. The number of rotatable bonds is 4. The summed E-state index contributed by atoms with van der Waals surface area (Å²) in [4.78, 5) is 32.4. The van der Waals surface area contributed by atoms with Crippen LogP contribution in [0, 0.1) is 16.0 Å². The molecule has 0 spiro atoms. The van der Waals surface area contributed by atoms with E-state index in [1.165, 1.54) is 0 Å².